The maximum absolute atomic E-state index is 11.8. The van der Waals surface area contributed by atoms with Gasteiger partial charge < -0.3 is 16.4 Å². The smallest absolute Gasteiger partial charge is 0.242 e. The van der Waals surface area contributed by atoms with Gasteiger partial charge in [0.25, 0.3) is 0 Å². The van der Waals surface area contributed by atoms with Gasteiger partial charge in [-0.3, -0.25) is 9.59 Å². The zero-order chi connectivity index (χ0) is 12.3. The van der Waals surface area contributed by atoms with Crippen LogP contribution in [0.15, 0.2) is 0 Å². The number of nitrogens with two attached hydrogens (primary N) is 1. The summed E-state index contributed by atoms with van der Waals surface area (Å²) >= 11 is 0. The maximum atomic E-state index is 11.8. The second-order valence-corrected chi connectivity index (χ2v) is 4.84. The first-order valence-electron chi connectivity index (χ1n) is 5.73. The third kappa shape index (κ3) is 2.95. The van der Waals surface area contributed by atoms with E-state index < -0.39 is 11.5 Å². The Balaban J connectivity index is 2.42. The molecule has 1 aliphatic carbocycles. The van der Waals surface area contributed by atoms with Gasteiger partial charge >= 0.3 is 0 Å². The van der Waals surface area contributed by atoms with Gasteiger partial charge in [-0.25, -0.2) is 0 Å². The Morgan fingerprint density at radius 1 is 1.25 bits per heavy atom. The molecule has 1 aliphatic rings. The molecule has 5 heteroatoms. The fourth-order valence-corrected chi connectivity index (χ4v) is 1.50. The van der Waals surface area contributed by atoms with Crippen molar-refractivity contribution >= 4 is 11.8 Å². The van der Waals surface area contributed by atoms with Gasteiger partial charge in [0, 0.05) is 12.6 Å². The SMILES string of the molecule is CC(C)NC(=O)C(C)NC(=O)C1(CN)CC1. The lowest BCUT2D eigenvalue weighted by molar-refractivity contribution is -0.131. The number of carbonyl (C=O) groups excluding carboxylic acids is 2. The Hall–Kier alpha value is -1.10. The van der Waals surface area contributed by atoms with Crippen molar-refractivity contribution in [2.45, 2.75) is 45.7 Å². The summed E-state index contributed by atoms with van der Waals surface area (Å²) in [7, 11) is 0. The van der Waals surface area contributed by atoms with E-state index in [0.29, 0.717) is 6.54 Å². The van der Waals surface area contributed by atoms with Crippen LogP contribution in [-0.2, 0) is 9.59 Å². The van der Waals surface area contributed by atoms with E-state index in [2.05, 4.69) is 10.6 Å². The third-order valence-electron chi connectivity index (χ3n) is 2.90. The molecule has 0 aliphatic heterocycles. The largest absolute Gasteiger partial charge is 0.352 e. The third-order valence-corrected chi connectivity index (χ3v) is 2.90. The van der Waals surface area contributed by atoms with Crippen LogP contribution in [0.2, 0.25) is 0 Å². The second kappa shape index (κ2) is 4.82. The minimum Gasteiger partial charge on any atom is -0.352 e. The Kier molecular flexibility index (Phi) is 3.91. The van der Waals surface area contributed by atoms with Crippen LogP contribution in [-0.4, -0.2) is 30.4 Å². The molecule has 0 aromatic carbocycles. The molecule has 1 saturated carbocycles. The van der Waals surface area contributed by atoms with Crippen LogP contribution in [0, 0.1) is 5.41 Å². The molecular weight excluding hydrogens is 206 g/mol. The van der Waals surface area contributed by atoms with Gasteiger partial charge in [-0.2, -0.15) is 0 Å². The number of nitrogens with one attached hydrogen (secondary N) is 2. The molecule has 1 rings (SSSR count). The Labute approximate surface area is 96.1 Å². The van der Waals surface area contributed by atoms with Crippen molar-refractivity contribution < 1.29 is 9.59 Å². The van der Waals surface area contributed by atoms with Crippen molar-refractivity contribution in [3.8, 4) is 0 Å². The van der Waals surface area contributed by atoms with E-state index in [1.54, 1.807) is 6.92 Å². The summed E-state index contributed by atoms with van der Waals surface area (Å²) in [6, 6.07) is -0.421. The monoisotopic (exact) mass is 227 g/mol. The van der Waals surface area contributed by atoms with E-state index in [4.69, 9.17) is 5.73 Å². The number of carbonyl (C=O) groups is 2. The predicted octanol–water partition coefficient (Wildman–Crippen LogP) is -0.245. The van der Waals surface area contributed by atoms with Crippen LogP contribution in [0.3, 0.4) is 0 Å². The minimum atomic E-state index is -0.501. The fourth-order valence-electron chi connectivity index (χ4n) is 1.50. The fraction of sp³-hybridized carbons (Fsp3) is 0.818. The van der Waals surface area contributed by atoms with Gasteiger partial charge in [0.1, 0.15) is 6.04 Å². The number of amides is 2. The molecule has 2 amide bonds. The molecule has 16 heavy (non-hydrogen) atoms. The van der Waals surface area contributed by atoms with Crippen molar-refractivity contribution in [3.63, 3.8) is 0 Å². The van der Waals surface area contributed by atoms with Crippen LogP contribution >= 0.6 is 0 Å². The quantitative estimate of drug-likeness (QED) is 0.606. The number of hydrogen-bond donors (Lipinski definition) is 3. The average molecular weight is 227 g/mol. The van der Waals surface area contributed by atoms with Crippen LogP contribution in [0.5, 0.6) is 0 Å². The first-order chi connectivity index (χ1) is 7.41. The Bertz CT molecular complexity index is 285. The summed E-state index contributed by atoms with van der Waals surface area (Å²) in [6.45, 7) is 5.81. The standard InChI is InChI=1S/C11H21N3O2/c1-7(2)13-9(15)8(3)14-10(16)11(6-12)4-5-11/h7-8H,4-6,12H2,1-3H3,(H,13,15)(H,14,16). The van der Waals surface area contributed by atoms with Gasteiger partial charge in [-0.05, 0) is 33.6 Å². The Morgan fingerprint density at radius 3 is 2.19 bits per heavy atom. The molecule has 0 heterocycles. The molecule has 92 valence electrons. The predicted molar refractivity (Wildman–Crippen MR) is 61.6 cm³/mol. The zero-order valence-corrected chi connectivity index (χ0v) is 10.2. The summed E-state index contributed by atoms with van der Waals surface area (Å²) in [6.07, 6.45) is 1.65. The van der Waals surface area contributed by atoms with E-state index in [9.17, 15) is 9.59 Å². The van der Waals surface area contributed by atoms with Crippen molar-refractivity contribution in [2.24, 2.45) is 11.1 Å². The molecule has 0 aromatic rings. The van der Waals surface area contributed by atoms with E-state index >= 15 is 0 Å². The van der Waals surface area contributed by atoms with Crippen molar-refractivity contribution in [2.75, 3.05) is 6.54 Å². The second-order valence-electron chi connectivity index (χ2n) is 4.84. The summed E-state index contributed by atoms with van der Waals surface area (Å²) < 4.78 is 0. The van der Waals surface area contributed by atoms with E-state index in [0.717, 1.165) is 12.8 Å². The first kappa shape index (κ1) is 13.0. The molecule has 0 spiro atoms. The lowest BCUT2D eigenvalue weighted by atomic mass is 10.1. The molecule has 4 N–H and O–H groups in total. The van der Waals surface area contributed by atoms with E-state index in [1.165, 1.54) is 0 Å². The minimum absolute atomic E-state index is 0.0799. The van der Waals surface area contributed by atoms with Crippen molar-refractivity contribution in [1.82, 2.24) is 10.6 Å². The number of rotatable bonds is 5. The highest BCUT2D eigenvalue weighted by atomic mass is 16.2. The van der Waals surface area contributed by atoms with Crippen LogP contribution in [0.25, 0.3) is 0 Å². The van der Waals surface area contributed by atoms with Gasteiger partial charge in [0.2, 0.25) is 11.8 Å². The molecule has 1 unspecified atom stereocenters. The summed E-state index contributed by atoms with van der Waals surface area (Å²) in [5, 5.41) is 5.46. The van der Waals surface area contributed by atoms with Gasteiger partial charge in [0.05, 0.1) is 5.41 Å². The molecule has 0 bridgehead atoms. The Morgan fingerprint density at radius 2 is 1.81 bits per heavy atom. The molecule has 1 atom stereocenters. The van der Waals surface area contributed by atoms with Crippen LogP contribution < -0.4 is 16.4 Å². The van der Waals surface area contributed by atoms with Crippen LogP contribution in [0.4, 0.5) is 0 Å². The topological polar surface area (TPSA) is 84.2 Å². The maximum Gasteiger partial charge on any atom is 0.242 e. The molecule has 5 nitrogen and oxygen atoms in total. The summed E-state index contributed by atoms with van der Waals surface area (Å²) in [4.78, 5) is 23.4. The van der Waals surface area contributed by atoms with E-state index in [-0.39, 0.29) is 17.9 Å². The zero-order valence-electron chi connectivity index (χ0n) is 10.2. The number of hydrogen-bond acceptors (Lipinski definition) is 3. The van der Waals surface area contributed by atoms with Crippen molar-refractivity contribution in [3.05, 3.63) is 0 Å². The highest BCUT2D eigenvalue weighted by Crippen LogP contribution is 2.44. The summed E-state index contributed by atoms with van der Waals surface area (Å²) in [5.74, 6) is -0.252. The molecular formula is C11H21N3O2. The van der Waals surface area contributed by atoms with Gasteiger partial charge in [-0.1, -0.05) is 0 Å². The average Bonchev–Trinajstić information content (AvgIpc) is 2.96. The highest BCUT2D eigenvalue weighted by molar-refractivity contribution is 5.91. The molecule has 0 radical (unpaired) electrons. The molecule has 0 saturated heterocycles. The van der Waals surface area contributed by atoms with Gasteiger partial charge in [-0.15, -0.1) is 0 Å². The van der Waals surface area contributed by atoms with Crippen LogP contribution in [0.1, 0.15) is 33.6 Å². The summed E-state index contributed by atoms with van der Waals surface area (Å²) in [5.41, 5.74) is 5.14. The van der Waals surface area contributed by atoms with E-state index in [1.807, 2.05) is 13.8 Å². The molecule has 1 fully saturated rings. The normalized spacial score (nSPS) is 19.1. The first-order valence-corrected chi connectivity index (χ1v) is 5.73. The highest BCUT2D eigenvalue weighted by Gasteiger charge is 2.48. The lowest BCUT2D eigenvalue weighted by Gasteiger charge is -2.19. The lowest BCUT2D eigenvalue weighted by Crippen LogP contribution is -2.49. The van der Waals surface area contributed by atoms with Gasteiger partial charge in [0.15, 0.2) is 0 Å². The van der Waals surface area contributed by atoms with Crippen molar-refractivity contribution in [1.29, 1.82) is 0 Å². The molecule has 0 aromatic heterocycles.